The molecule has 4 rings (SSSR count). The molecule has 3 aliphatic rings. The number of likely N-dealkylation sites (tertiary alicyclic amines) is 1. The summed E-state index contributed by atoms with van der Waals surface area (Å²) in [5.74, 6) is -0.211. The number of nitrogens with zero attached hydrogens (tertiary/aromatic N) is 1. The fourth-order valence-corrected chi connectivity index (χ4v) is 5.47. The molecule has 4 N–H and O–H groups in total. The van der Waals surface area contributed by atoms with Gasteiger partial charge in [0.05, 0.1) is 11.5 Å². The van der Waals surface area contributed by atoms with E-state index in [4.69, 9.17) is 10.5 Å². The number of nitrogens with one attached hydrogen (secondary N) is 2. The second kappa shape index (κ2) is 11.4. The topological polar surface area (TPSA) is 114 Å². The number of fused-ring (bicyclic) bond motifs is 1. The number of carbonyl (C=O) groups excluding carboxylic acids is 3. The molecule has 2 fully saturated rings. The van der Waals surface area contributed by atoms with E-state index in [-0.39, 0.29) is 29.7 Å². The van der Waals surface area contributed by atoms with Gasteiger partial charge in [-0.25, -0.2) is 0 Å². The molecule has 2 saturated heterocycles. The maximum absolute atomic E-state index is 13.6. The van der Waals surface area contributed by atoms with E-state index in [0.29, 0.717) is 58.4 Å². The Morgan fingerprint density at radius 1 is 1.17 bits per heavy atom. The van der Waals surface area contributed by atoms with E-state index >= 15 is 0 Å². The number of ether oxygens (including phenoxy) is 1. The smallest absolute Gasteiger partial charge is 0.243 e. The van der Waals surface area contributed by atoms with Crippen molar-refractivity contribution in [2.75, 3.05) is 26.3 Å². The van der Waals surface area contributed by atoms with Crippen LogP contribution in [-0.2, 0) is 25.5 Å². The summed E-state index contributed by atoms with van der Waals surface area (Å²) >= 11 is 0. The van der Waals surface area contributed by atoms with Crippen LogP contribution >= 0.6 is 0 Å². The second-order valence-electron chi connectivity index (χ2n) is 10.3. The fraction of sp³-hybridized carbons (Fsp3) is 0.593. The Hall–Kier alpha value is -2.71. The van der Waals surface area contributed by atoms with Crippen molar-refractivity contribution in [2.45, 2.75) is 63.6 Å². The monoisotopic (exact) mass is 482 g/mol. The molecule has 8 nitrogen and oxygen atoms in total. The van der Waals surface area contributed by atoms with Gasteiger partial charge in [-0.3, -0.25) is 14.4 Å². The third-order valence-corrected chi connectivity index (χ3v) is 7.71. The molecule has 0 aliphatic carbocycles. The van der Waals surface area contributed by atoms with Crippen LogP contribution in [0.3, 0.4) is 0 Å². The van der Waals surface area contributed by atoms with Gasteiger partial charge >= 0.3 is 0 Å². The van der Waals surface area contributed by atoms with Crippen LogP contribution in [0.5, 0.6) is 0 Å². The highest BCUT2D eigenvalue weighted by molar-refractivity contribution is 5.90. The molecule has 1 aromatic carbocycles. The number of nitrogens with two attached hydrogens (primary N) is 1. The van der Waals surface area contributed by atoms with E-state index < -0.39 is 17.5 Å². The summed E-state index contributed by atoms with van der Waals surface area (Å²) in [6.07, 6.45) is 7.90. The zero-order valence-corrected chi connectivity index (χ0v) is 20.6. The molecule has 0 aromatic heterocycles. The lowest BCUT2D eigenvalue weighted by atomic mass is 9.75. The van der Waals surface area contributed by atoms with Crippen molar-refractivity contribution >= 4 is 17.7 Å². The van der Waals surface area contributed by atoms with E-state index in [0.717, 1.165) is 12.0 Å². The van der Waals surface area contributed by atoms with Gasteiger partial charge in [0.2, 0.25) is 17.7 Å². The lowest BCUT2D eigenvalue weighted by Gasteiger charge is -2.41. The summed E-state index contributed by atoms with van der Waals surface area (Å²) in [7, 11) is 0. The molecule has 0 radical (unpaired) electrons. The Balaban J connectivity index is 1.60. The number of rotatable bonds is 3. The SMILES string of the molecule is C[C@H](N)C(=O)N1CC[C@@H]2NC(=O)[C@H](Cc3ccccc3)NC(=O)C3(C/C=C/C[C@@H]2C1)CCOCC3. The molecule has 4 atom stereocenters. The maximum atomic E-state index is 13.6. The summed E-state index contributed by atoms with van der Waals surface area (Å²) in [6.45, 7) is 3.90. The molecule has 3 amide bonds. The molecule has 1 spiro atoms. The minimum Gasteiger partial charge on any atom is -0.381 e. The van der Waals surface area contributed by atoms with E-state index in [1.54, 1.807) is 6.92 Å². The minimum absolute atomic E-state index is 0.0553. The average molecular weight is 483 g/mol. The zero-order valence-electron chi connectivity index (χ0n) is 20.6. The van der Waals surface area contributed by atoms with Gasteiger partial charge in [-0.1, -0.05) is 42.5 Å². The predicted molar refractivity (Wildman–Crippen MR) is 133 cm³/mol. The van der Waals surface area contributed by atoms with Gasteiger partial charge in [0.15, 0.2) is 0 Å². The van der Waals surface area contributed by atoms with Crippen molar-refractivity contribution < 1.29 is 19.1 Å². The van der Waals surface area contributed by atoms with Crippen LogP contribution in [0.4, 0.5) is 0 Å². The Morgan fingerprint density at radius 3 is 2.63 bits per heavy atom. The number of carbonyl (C=O) groups is 3. The van der Waals surface area contributed by atoms with Gasteiger partial charge in [-0.15, -0.1) is 0 Å². The van der Waals surface area contributed by atoms with Gasteiger partial charge in [0.1, 0.15) is 6.04 Å². The van der Waals surface area contributed by atoms with Gasteiger partial charge in [-0.2, -0.15) is 0 Å². The third-order valence-electron chi connectivity index (χ3n) is 7.71. The van der Waals surface area contributed by atoms with Crippen molar-refractivity contribution in [1.29, 1.82) is 0 Å². The molecular formula is C27H38N4O4. The molecule has 1 aromatic rings. The Bertz CT molecular complexity index is 926. The molecule has 3 aliphatic heterocycles. The van der Waals surface area contributed by atoms with Crippen molar-refractivity contribution in [1.82, 2.24) is 15.5 Å². The number of amides is 3. The van der Waals surface area contributed by atoms with Crippen molar-refractivity contribution in [3.63, 3.8) is 0 Å². The van der Waals surface area contributed by atoms with Crippen molar-refractivity contribution in [2.24, 2.45) is 17.1 Å². The van der Waals surface area contributed by atoms with Gasteiger partial charge < -0.3 is 26.0 Å². The minimum atomic E-state index is -0.669. The maximum Gasteiger partial charge on any atom is 0.243 e. The van der Waals surface area contributed by atoms with E-state index in [2.05, 4.69) is 22.8 Å². The standard InChI is InChI=1S/C27H38N4O4/c1-19(28)25(33)31-14-10-22-21(18-31)9-5-6-11-27(12-15-35-16-13-27)26(34)30-23(24(32)29-22)17-20-7-3-2-4-8-20/h2-8,19,21-23H,9-18,28H2,1H3,(H,29,32)(H,30,34)/b6-5+/t19-,21+,22-,23-/m0/s1. The predicted octanol–water partition coefficient (Wildman–Crippen LogP) is 1.54. The lowest BCUT2D eigenvalue weighted by molar-refractivity contribution is -0.140. The number of allylic oxidation sites excluding steroid dienone is 2. The van der Waals surface area contributed by atoms with Crippen molar-refractivity contribution in [3.05, 3.63) is 48.0 Å². The molecule has 35 heavy (non-hydrogen) atoms. The quantitative estimate of drug-likeness (QED) is 0.566. The number of benzene rings is 1. The molecule has 0 saturated carbocycles. The summed E-state index contributed by atoms with van der Waals surface area (Å²) in [6, 6.07) is 8.49. The first kappa shape index (κ1) is 25.4. The van der Waals surface area contributed by atoms with Gasteiger partial charge in [0.25, 0.3) is 0 Å². The largest absolute Gasteiger partial charge is 0.381 e. The number of hydrogen-bond donors (Lipinski definition) is 3. The number of hydrogen-bond acceptors (Lipinski definition) is 5. The first-order chi connectivity index (χ1) is 16.9. The summed E-state index contributed by atoms with van der Waals surface area (Å²) in [4.78, 5) is 41.5. The highest BCUT2D eigenvalue weighted by Gasteiger charge is 2.41. The number of piperidine rings is 1. The van der Waals surface area contributed by atoms with Crippen LogP contribution in [0.1, 0.15) is 44.6 Å². The summed E-state index contributed by atoms with van der Waals surface area (Å²) in [5.41, 5.74) is 6.27. The fourth-order valence-electron chi connectivity index (χ4n) is 5.47. The zero-order chi connectivity index (χ0) is 24.8. The third kappa shape index (κ3) is 6.11. The Kier molecular flexibility index (Phi) is 8.23. The second-order valence-corrected chi connectivity index (χ2v) is 10.3. The van der Waals surface area contributed by atoms with Gasteiger partial charge in [-0.05, 0) is 44.6 Å². The summed E-state index contributed by atoms with van der Waals surface area (Å²) in [5, 5.41) is 6.34. The lowest BCUT2D eigenvalue weighted by Crippen LogP contribution is -2.59. The van der Waals surface area contributed by atoms with Crippen LogP contribution in [0, 0.1) is 11.3 Å². The Labute approximate surface area is 207 Å². The van der Waals surface area contributed by atoms with Crippen LogP contribution in [0.15, 0.2) is 42.5 Å². The van der Waals surface area contributed by atoms with Crippen LogP contribution in [0.25, 0.3) is 0 Å². The van der Waals surface area contributed by atoms with Gasteiger partial charge in [0, 0.05) is 44.7 Å². The van der Waals surface area contributed by atoms with E-state index in [1.807, 2.05) is 35.2 Å². The van der Waals surface area contributed by atoms with E-state index in [1.165, 1.54) is 0 Å². The Morgan fingerprint density at radius 2 is 1.91 bits per heavy atom. The molecule has 8 heteroatoms. The summed E-state index contributed by atoms with van der Waals surface area (Å²) < 4.78 is 5.55. The molecule has 0 unspecified atom stereocenters. The van der Waals surface area contributed by atoms with Crippen molar-refractivity contribution in [3.8, 4) is 0 Å². The highest BCUT2D eigenvalue weighted by Crippen LogP contribution is 2.36. The molecule has 3 heterocycles. The highest BCUT2D eigenvalue weighted by atomic mass is 16.5. The average Bonchev–Trinajstić information content (AvgIpc) is 2.87. The normalized spacial score (nSPS) is 29.1. The first-order valence-corrected chi connectivity index (χ1v) is 12.8. The van der Waals surface area contributed by atoms with Crippen LogP contribution in [0.2, 0.25) is 0 Å². The molecule has 190 valence electrons. The first-order valence-electron chi connectivity index (χ1n) is 12.8. The molecular weight excluding hydrogens is 444 g/mol. The van der Waals surface area contributed by atoms with Crippen LogP contribution < -0.4 is 16.4 Å². The molecule has 0 bridgehead atoms. The van der Waals surface area contributed by atoms with E-state index in [9.17, 15) is 14.4 Å². The van der Waals surface area contributed by atoms with Crippen LogP contribution in [-0.4, -0.2) is 67.1 Å².